The number of piperazine rings is 1. The fraction of sp³-hybridized carbons (Fsp3) is 0.409. The Labute approximate surface area is 182 Å². The first-order valence-corrected chi connectivity index (χ1v) is 12.1. The molecule has 1 saturated carbocycles. The molecule has 0 atom stereocenters. The lowest BCUT2D eigenvalue weighted by Crippen LogP contribution is -2.48. The first kappa shape index (κ1) is 21.3. The Bertz CT molecular complexity index is 1030. The Morgan fingerprint density at radius 2 is 1.73 bits per heavy atom. The number of nitrogens with zero attached hydrogens (tertiary/aromatic N) is 2. The molecule has 160 valence electrons. The molecule has 6 nitrogen and oxygen atoms in total. The minimum atomic E-state index is -3.52. The Kier molecular flexibility index (Phi) is 5.90. The summed E-state index contributed by atoms with van der Waals surface area (Å²) in [7, 11) is -3.52. The number of halogens is 1. The third-order valence-electron chi connectivity index (χ3n) is 6.09. The quantitative estimate of drug-likeness (QED) is 0.737. The average Bonchev–Trinajstić information content (AvgIpc) is 3.56. The summed E-state index contributed by atoms with van der Waals surface area (Å²) in [6, 6.07) is 13.8. The van der Waals surface area contributed by atoms with Gasteiger partial charge in [-0.05, 0) is 61.3 Å². The summed E-state index contributed by atoms with van der Waals surface area (Å²) < 4.78 is 27.4. The van der Waals surface area contributed by atoms with Crippen molar-refractivity contribution < 1.29 is 13.2 Å². The van der Waals surface area contributed by atoms with Gasteiger partial charge in [-0.15, -0.1) is 0 Å². The van der Waals surface area contributed by atoms with E-state index in [1.807, 2.05) is 18.2 Å². The Balaban J connectivity index is 1.44. The third-order valence-corrected chi connectivity index (χ3v) is 8.24. The molecule has 1 N–H and O–H groups in total. The van der Waals surface area contributed by atoms with Crippen LogP contribution >= 0.6 is 11.6 Å². The number of sulfonamides is 1. The number of rotatable bonds is 6. The fourth-order valence-corrected chi connectivity index (χ4v) is 5.57. The number of hydrogen-bond donors (Lipinski definition) is 1. The molecule has 2 aliphatic rings. The molecule has 0 radical (unpaired) electrons. The highest BCUT2D eigenvalue weighted by molar-refractivity contribution is 7.89. The predicted octanol–water partition coefficient (Wildman–Crippen LogP) is 3.34. The van der Waals surface area contributed by atoms with Gasteiger partial charge in [0.1, 0.15) is 0 Å². The topological polar surface area (TPSA) is 69.7 Å². The number of carbonyl (C=O) groups excluding carboxylic acids is 1. The van der Waals surface area contributed by atoms with E-state index in [0.29, 0.717) is 23.8 Å². The number of hydrogen-bond acceptors (Lipinski definition) is 4. The number of benzene rings is 2. The smallest absolute Gasteiger partial charge is 0.243 e. The fourth-order valence-electron chi connectivity index (χ4n) is 3.95. The molecular weight excluding hydrogens is 422 g/mol. The molecule has 2 aromatic carbocycles. The summed E-state index contributed by atoms with van der Waals surface area (Å²) in [5, 5.41) is 3.55. The molecule has 2 fully saturated rings. The van der Waals surface area contributed by atoms with Crippen LogP contribution in [0.1, 0.15) is 25.3 Å². The van der Waals surface area contributed by atoms with Gasteiger partial charge in [-0.1, -0.05) is 30.7 Å². The molecule has 1 heterocycles. The molecule has 1 amide bonds. The predicted molar refractivity (Wildman–Crippen MR) is 118 cm³/mol. The van der Waals surface area contributed by atoms with Crippen molar-refractivity contribution in [2.75, 3.05) is 38.0 Å². The van der Waals surface area contributed by atoms with Crippen LogP contribution in [0.25, 0.3) is 0 Å². The molecule has 0 aromatic heterocycles. The molecule has 0 unspecified atom stereocenters. The van der Waals surface area contributed by atoms with Crippen molar-refractivity contribution >= 4 is 33.2 Å². The maximum absolute atomic E-state index is 12.9. The molecule has 4 rings (SSSR count). The number of carbonyl (C=O) groups is 1. The maximum atomic E-state index is 12.9. The largest absolute Gasteiger partial charge is 0.325 e. The minimum absolute atomic E-state index is 0.0870. The van der Waals surface area contributed by atoms with Gasteiger partial charge in [0, 0.05) is 36.9 Å². The van der Waals surface area contributed by atoms with Crippen molar-refractivity contribution in [2.24, 2.45) is 0 Å². The van der Waals surface area contributed by atoms with E-state index < -0.39 is 15.4 Å². The Hall–Kier alpha value is -1.93. The van der Waals surface area contributed by atoms with E-state index in [9.17, 15) is 13.2 Å². The molecule has 30 heavy (non-hydrogen) atoms. The van der Waals surface area contributed by atoms with Crippen molar-refractivity contribution in [3.8, 4) is 0 Å². The van der Waals surface area contributed by atoms with Gasteiger partial charge in [-0.2, -0.15) is 4.31 Å². The average molecular weight is 448 g/mol. The van der Waals surface area contributed by atoms with Crippen molar-refractivity contribution in [3.63, 3.8) is 0 Å². The number of anilines is 1. The van der Waals surface area contributed by atoms with Crippen LogP contribution in [0.3, 0.4) is 0 Å². The van der Waals surface area contributed by atoms with E-state index in [1.165, 1.54) is 4.31 Å². The van der Waals surface area contributed by atoms with E-state index in [2.05, 4.69) is 17.1 Å². The first-order valence-electron chi connectivity index (χ1n) is 10.3. The summed E-state index contributed by atoms with van der Waals surface area (Å²) in [5.74, 6) is -0.0870. The second-order valence-electron chi connectivity index (χ2n) is 7.91. The van der Waals surface area contributed by atoms with E-state index in [0.717, 1.165) is 38.0 Å². The molecule has 1 saturated heterocycles. The lowest BCUT2D eigenvalue weighted by Gasteiger charge is -2.33. The minimum Gasteiger partial charge on any atom is -0.325 e. The van der Waals surface area contributed by atoms with E-state index in [-0.39, 0.29) is 10.8 Å². The summed E-state index contributed by atoms with van der Waals surface area (Å²) in [6.45, 7) is 5.49. The van der Waals surface area contributed by atoms with Gasteiger partial charge in [0.15, 0.2) is 0 Å². The zero-order chi connectivity index (χ0) is 21.4. The summed E-state index contributed by atoms with van der Waals surface area (Å²) in [6.07, 6.45) is 1.55. The van der Waals surface area contributed by atoms with Gasteiger partial charge in [0.25, 0.3) is 0 Å². The zero-order valence-electron chi connectivity index (χ0n) is 17.0. The monoisotopic (exact) mass is 447 g/mol. The number of nitrogens with one attached hydrogen (secondary N) is 1. The normalized spacial score (nSPS) is 19.4. The van der Waals surface area contributed by atoms with Gasteiger partial charge in [0.05, 0.1) is 10.3 Å². The summed E-state index contributed by atoms with van der Waals surface area (Å²) in [5.41, 5.74) is 0.954. The second kappa shape index (κ2) is 8.30. The van der Waals surface area contributed by atoms with Crippen molar-refractivity contribution in [1.29, 1.82) is 0 Å². The molecule has 1 aliphatic heterocycles. The molecule has 1 aliphatic carbocycles. The van der Waals surface area contributed by atoms with Crippen LogP contribution in [0.15, 0.2) is 53.4 Å². The standard InChI is InChI=1S/C22H26ClN3O3S/c1-2-25-12-14-26(15-13-25)30(28,29)20-8-6-19(7-9-20)24-21(27)22(10-11-22)17-4-3-5-18(23)16-17/h3-9,16H,2,10-15H2,1H3,(H,24,27). The van der Waals surface area contributed by atoms with Crippen molar-refractivity contribution in [1.82, 2.24) is 9.21 Å². The van der Waals surface area contributed by atoms with Gasteiger partial charge >= 0.3 is 0 Å². The van der Waals surface area contributed by atoms with Crippen LogP contribution in [-0.2, 0) is 20.2 Å². The highest BCUT2D eigenvalue weighted by Crippen LogP contribution is 2.49. The van der Waals surface area contributed by atoms with Crippen LogP contribution < -0.4 is 5.32 Å². The van der Waals surface area contributed by atoms with Crippen LogP contribution in [0.5, 0.6) is 0 Å². The van der Waals surface area contributed by atoms with E-state index >= 15 is 0 Å². The Morgan fingerprint density at radius 1 is 1.07 bits per heavy atom. The van der Waals surface area contributed by atoms with Crippen LogP contribution in [0.2, 0.25) is 5.02 Å². The first-order chi connectivity index (χ1) is 14.3. The third kappa shape index (κ3) is 4.12. The molecule has 0 spiro atoms. The molecular formula is C22H26ClN3O3S. The summed E-state index contributed by atoms with van der Waals surface area (Å²) in [4.78, 5) is 15.4. The Morgan fingerprint density at radius 3 is 2.30 bits per heavy atom. The maximum Gasteiger partial charge on any atom is 0.243 e. The number of likely N-dealkylation sites (N-methyl/N-ethyl adjacent to an activating group) is 1. The van der Waals surface area contributed by atoms with Crippen LogP contribution in [-0.4, -0.2) is 56.3 Å². The van der Waals surface area contributed by atoms with Gasteiger partial charge < -0.3 is 10.2 Å². The highest BCUT2D eigenvalue weighted by atomic mass is 35.5. The van der Waals surface area contributed by atoms with Gasteiger partial charge in [-0.3, -0.25) is 4.79 Å². The van der Waals surface area contributed by atoms with Crippen LogP contribution in [0, 0.1) is 0 Å². The van der Waals surface area contributed by atoms with Crippen molar-refractivity contribution in [2.45, 2.75) is 30.1 Å². The second-order valence-corrected chi connectivity index (χ2v) is 10.3. The van der Waals surface area contributed by atoms with E-state index in [4.69, 9.17) is 11.6 Å². The zero-order valence-corrected chi connectivity index (χ0v) is 18.5. The molecule has 8 heteroatoms. The van der Waals surface area contributed by atoms with Crippen molar-refractivity contribution in [3.05, 3.63) is 59.1 Å². The summed E-state index contributed by atoms with van der Waals surface area (Å²) >= 11 is 6.09. The molecule has 0 bridgehead atoms. The lowest BCUT2D eigenvalue weighted by atomic mass is 9.95. The SMILES string of the molecule is CCN1CCN(S(=O)(=O)c2ccc(NC(=O)C3(c4cccc(Cl)c4)CC3)cc2)CC1. The lowest BCUT2D eigenvalue weighted by molar-refractivity contribution is -0.118. The van der Waals surface area contributed by atoms with Crippen LogP contribution in [0.4, 0.5) is 5.69 Å². The van der Waals surface area contributed by atoms with Gasteiger partial charge in [-0.25, -0.2) is 8.42 Å². The van der Waals surface area contributed by atoms with E-state index in [1.54, 1.807) is 30.3 Å². The highest BCUT2D eigenvalue weighted by Gasteiger charge is 2.51. The molecule has 2 aromatic rings. The van der Waals surface area contributed by atoms with Gasteiger partial charge in [0.2, 0.25) is 15.9 Å². The number of amides is 1.